The molecular formula is C14H26N2. The second kappa shape index (κ2) is 5.83. The van der Waals surface area contributed by atoms with Crippen LogP contribution in [0.25, 0.3) is 0 Å². The third-order valence-corrected chi connectivity index (χ3v) is 3.75. The Labute approximate surface area is 100 Å². The van der Waals surface area contributed by atoms with Gasteiger partial charge in [-0.25, -0.2) is 0 Å². The number of piperidine rings is 1. The molecule has 1 N–H and O–H groups in total. The maximum Gasteiger partial charge on any atom is 0.0168 e. The van der Waals surface area contributed by atoms with Crippen LogP contribution < -0.4 is 5.32 Å². The molecule has 0 spiro atoms. The zero-order valence-corrected chi connectivity index (χ0v) is 10.8. The van der Waals surface area contributed by atoms with Gasteiger partial charge in [0.05, 0.1) is 0 Å². The van der Waals surface area contributed by atoms with E-state index in [1.54, 1.807) is 0 Å². The summed E-state index contributed by atoms with van der Waals surface area (Å²) in [6, 6.07) is 0.908. The van der Waals surface area contributed by atoms with Crippen LogP contribution in [0, 0.1) is 5.92 Å². The number of nitrogens with one attached hydrogen (secondary N) is 1. The molecule has 2 heteroatoms. The number of hydrogen-bond donors (Lipinski definition) is 1. The van der Waals surface area contributed by atoms with E-state index in [1.807, 2.05) is 0 Å². The smallest absolute Gasteiger partial charge is 0.0168 e. The third kappa shape index (κ3) is 3.91. The van der Waals surface area contributed by atoms with Gasteiger partial charge in [0.15, 0.2) is 0 Å². The van der Waals surface area contributed by atoms with Gasteiger partial charge in [-0.1, -0.05) is 11.6 Å². The van der Waals surface area contributed by atoms with Gasteiger partial charge in [0.1, 0.15) is 0 Å². The minimum atomic E-state index is 0.908. The fraction of sp³-hybridized carbons (Fsp3) is 0.857. The molecule has 0 aromatic carbocycles. The minimum absolute atomic E-state index is 0.908. The standard InChI is InChI=1S/C14H26N2/c1-12(2)7-10-16(14-3-4-14)11-13-5-8-15-9-6-13/h7,13-15H,3-6,8-11H2,1-2H3. The molecule has 2 nitrogen and oxygen atoms in total. The van der Waals surface area contributed by atoms with Crippen molar-refractivity contribution in [1.82, 2.24) is 10.2 Å². The van der Waals surface area contributed by atoms with E-state index in [1.165, 1.54) is 57.4 Å². The van der Waals surface area contributed by atoms with E-state index in [0.717, 1.165) is 12.0 Å². The summed E-state index contributed by atoms with van der Waals surface area (Å²) >= 11 is 0. The lowest BCUT2D eigenvalue weighted by molar-refractivity contribution is 0.214. The second-order valence-electron chi connectivity index (χ2n) is 5.66. The highest BCUT2D eigenvalue weighted by Crippen LogP contribution is 2.28. The van der Waals surface area contributed by atoms with Crippen LogP contribution >= 0.6 is 0 Å². The van der Waals surface area contributed by atoms with Gasteiger partial charge in [-0.05, 0) is 58.5 Å². The highest BCUT2D eigenvalue weighted by Gasteiger charge is 2.30. The first-order valence-corrected chi connectivity index (χ1v) is 6.84. The molecule has 0 aromatic heterocycles. The molecule has 0 unspecified atom stereocenters. The van der Waals surface area contributed by atoms with Crippen molar-refractivity contribution < 1.29 is 0 Å². The summed E-state index contributed by atoms with van der Waals surface area (Å²) in [5, 5.41) is 3.45. The van der Waals surface area contributed by atoms with Crippen molar-refractivity contribution in [3.8, 4) is 0 Å². The lowest BCUT2D eigenvalue weighted by Gasteiger charge is -2.29. The van der Waals surface area contributed by atoms with Crippen molar-refractivity contribution in [1.29, 1.82) is 0 Å². The van der Waals surface area contributed by atoms with Gasteiger partial charge in [-0.3, -0.25) is 4.90 Å². The monoisotopic (exact) mass is 222 g/mol. The Morgan fingerprint density at radius 2 is 1.88 bits per heavy atom. The van der Waals surface area contributed by atoms with Crippen LogP contribution in [0.2, 0.25) is 0 Å². The normalized spacial score (nSPS) is 22.4. The lowest BCUT2D eigenvalue weighted by Crippen LogP contribution is -2.37. The van der Waals surface area contributed by atoms with Crippen molar-refractivity contribution in [3.05, 3.63) is 11.6 Å². The van der Waals surface area contributed by atoms with Crippen molar-refractivity contribution in [3.63, 3.8) is 0 Å². The number of hydrogen-bond acceptors (Lipinski definition) is 2. The molecule has 92 valence electrons. The summed E-state index contributed by atoms with van der Waals surface area (Å²) in [7, 11) is 0. The molecule has 2 fully saturated rings. The minimum Gasteiger partial charge on any atom is -0.317 e. The maximum atomic E-state index is 3.45. The SMILES string of the molecule is CC(C)=CCN(CC1CCNCC1)C1CC1. The number of allylic oxidation sites excluding steroid dienone is 1. The molecule has 0 radical (unpaired) electrons. The second-order valence-corrected chi connectivity index (χ2v) is 5.66. The van der Waals surface area contributed by atoms with Gasteiger partial charge < -0.3 is 5.32 Å². The summed E-state index contributed by atoms with van der Waals surface area (Å²) in [6.45, 7) is 9.37. The summed E-state index contributed by atoms with van der Waals surface area (Å²) in [5.74, 6) is 0.937. The first-order chi connectivity index (χ1) is 7.75. The lowest BCUT2D eigenvalue weighted by atomic mass is 9.97. The average Bonchev–Trinajstić information content (AvgIpc) is 3.09. The van der Waals surface area contributed by atoms with E-state index in [2.05, 4.69) is 30.1 Å². The molecule has 1 aliphatic carbocycles. The molecule has 0 aromatic rings. The van der Waals surface area contributed by atoms with Gasteiger partial charge in [-0.2, -0.15) is 0 Å². The van der Waals surface area contributed by atoms with Crippen molar-refractivity contribution in [2.45, 2.75) is 45.6 Å². The van der Waals surface area contributed by atoms with Crippen LogP contribution in [0.3, 0.4) is 0 Å². The van der Waals surface area contributed by atoms with Gasteiger partial charge >= 0.3 is 0 Å². The van der Waals surface area contributed by atoms with Gasteiger partial charge in [0.2, 0.25) is 0 Å². The van der Waals surface area contributed by atoms with Crippen molar-refractivity contribution >= 4 is 0 Å². The molecular weight excluding hydrogens is 196 g/mol. The van der Waals surface area contributed by atoms with E-state index in [0.29, 0.717) is 0 Å². The summed E-state index contributed by atoms with van der Waals surface area (Å²) in [5.41, 5.74) is 1.45. The molecule has 2 rings (SSSR count). The molecule has 2 aliphatic rings. The first kappa shape index (κ1) is 12.1. The molecule has 0 bridgehead atoms. The molecule has 0 atom stereocenters. The van der Waals surface area contributed by atoms with Crippen molar-refractivity contribution in [2.24, 2.45) is 5.92 Å². The van der Waals surface area contributed by atoms with Crippen LogP contribution in [-0.2, 0) is 0 Å². The Hall–Kier alpha value is -0.340. The van der Waals surface area contributed by atoms with Crippen LogP contribution in [0.15, 0.2) is 11.6 Å². The highest BCUT2D eigenvalue weighted by atomic mass is 15.2. The Bertz CT molecular complexity index is 233. The molecule has 0 amide bonds. The predicted molar refractivity (Wildman–Crippen MR) is 69.6 cm³/mol. The quantitative estimate of drug-likeness (QED) is 0.719. The Morgan fingerprint density at radius 1 is 1.19 bits per heavy atom. The highest BCUT2D eigenvalue weighted by molar-refractivity contribution is 4.98. The predicted octanol–water partition coefficient (Wildman–Crippen LogP) is 2.42. The van der Waals surface area contributed by atoms with Crippen LogP contribution in [0.4, 0.5) is 0 Å². The largest absolute Gasteiger partial charge is 0.317 e. The van der Waals surface area contributed by atoms with Gasteiger partial charge in [-0.15, -0.1) is 0 Å². The molecule has 1 heterocycles. The molecule has 16 heavy (non-hydrogen) atoms. The first-order valence-electron chi connectivity index (χ1n) is 6.84. The third-order valence-electron chi connectivity index (χ3n) is 3.75. The molecule has 1 aliphatic heterocycles. The summed E-state index contributed by atoms with van der Waals surface area (Å²) < 4.78 is 0. The number of rotatable bonds is 5. The molecule has 1 saturated carbocycles. The summed E-state index contributed by atoms with van der Waals surface area (Å²) in [6.07, 6.45) is 8.00. The van der Waals surface area contributed by atoms with E-state index >= 15 is 0 Å². The Morgan fingerprint density at radius 3 is 2.44 bits per heavy atom. The fourth-order valence-electron chi connectivity index (χ4n) is 2.51. The topological polar surface area (TPSA) is 15.3 Å². The Kier molecular flexibility index (Phi) is 4.42. The van der Waals surface area contributed by atoms with E-state index < -0.39 is 0 Å². The van der Waals surface area contributed by atoms with Gasteiger partial charge in [0.25, 0.3) is 0 Å². The van der Waals surface area contributed by atoms with Gasteiger partial charge in [0, 0.05) is 19.1 Å². The maximum absolute atomic E-state index is 3.45. The average molecular weight is 222 g/mol. The number of nitrogens with zero attached hydrogens (tertiary/aromatic N) is 1. The summed E-state index contributed by atoms with van der Waals surface area (Å²) in [4.78, 5) is 2.71. The zero-order valence-electron chi connectivity index (χ0n) is 10.8. The van der Waals surface area contributed by atoms with Crippen LogP contribution in [-0.4, -0.2) is 37.1 Å². The van der Waals surface area contributed by atoms with Crippen molar-refractivity contribution in [2.75, 3.05) is 26.2 Å². The van der Waals surface area contributed by atoms with E-state index in [-0.39, 0.29) is 0 Å². The van der Waals surface area contributed by atoms with Crippen LogP contribution in [0.1, 0.15) is 39.5 Å². The fourth-order valence-corrected chi connectivity index (χ4v) is 2.51. The Balaban J connectivity index is 1.79. The van der Waals surface area contributed by atoms with Crippen LogP contribution in [0.5, 0.6) is 0 Å². The molecule has 1 saturated heterocycles. The van der Waals surface area contributed by atoms with E-state index in [9.17, 15) is 0 Å². The van der Waals surface area contributed by atoms with E-state index in [4.69, 9.17) is 0 Å². The zero-order chi connectivity index (χ0) is 11.4.